The van der Waals surface area contributed by atoms with E-state index in [1.165, 1.54) is 26.4 Å². The predicted octanol–water partition coefficient (Wildman–Crippen LogP) is 3.33. The van der Waals surface area contributed by atoms with Crippen LogP contribution in [0.4, 0.5) is 4.39 Å². The van der Waals surface area contributed by atoms with Crippen LogP contribution < -0.4 is 15.2 Å². The second-order valence-electron chi connectivity index (χ2n) is 5.55. The second kappa shape index (κ2) is 6.44. The normalized spacial score (nSPS) is 17.8. The van der Waals surface area contributed by atoms with Gasteiger partial charge in [0.15, 0.2) is 11.5 Å². The molecule has 1 saturated carbocycles. The van der Waals surface area contributed by atoms with Crippen LogP contribution in [0.2, 0.25) is 0 Å². The summed E-state index contributed by atoms with van der Waals surface area (Å²) < 4.78 is 23.9. The number of hydrogen-bond acceptors (Lipinski definition) is 3. The minimum Gasteiger partial charge on any atom is -0.493 e. The monoisotopic (exact) mass is 281 g/mol. The summed E-state index contributed by atoms with van der Waals surface area (Å²) in [6, 6.07) is 3.87. The number of nitrogens with two attached hydrogens (primary N) is 1. The fraction of sp³-hybridized carbons (Fsp3) is 0.625. The van der Waals surface area contributed by atoms with Crippen LogP contribution in [0.1, 0.15) is 43.2 Å². The molecule has 0 atom stereocenters. The van der Waals surface area contributed by atoms with Gasteiger partial charge in [-0.3, -0.25) is 0 Å². The van der Waals surface area contributed by atoms with Gasteiger partial charge in [-0.25, -0.2) is 4.39 Å². The maximum absolute atomic E-state index is 13.3. The highest BCUT2D eigenvalue weighted by Gasteiger charge is 2.34. The molecule has 0 saturated heterocycles. The van der Waals surface area contributed by atoms with Crippen molar-refractivity contribution in [3.05, 3.63) is 23.3 Å². The highest BCUT2D eigenvalue weighted by Crippen LogP contribution is 2.43. The Balaban J connectivity index is 2.50. The number of halogens is 1. The molecule has 1 aliphatic carbocycles. The molecule has 1 fully saturated rings. The van der Waals surface area contributed by atoms with E-state index in [9.17, 15) is 4.39 Å². The van der Waals surface area contributed by atoms with E-state index < -0.39 is 6.67 Å². The third kappa shape index (κ3) is 2.62. The van der Waals surface area contributed by atoms with Crippen molar-refractivity contribution in [1.29, 1.82) is 0 Å². The average molecular weight is 281 g/mol. The largest absolute Gasteiger partial charge is 0.493 e. The standard InChI is InChI=1S/C16H24FNO2/c1-19-14-9-13(8-12(10-17)15(14)20-2)16(11-18)6-4-3-5-7-16/h8-9H,3-7,10-11,18H2,1-2H3. The Kier molecular flexibility index (Phi) is 4.86. The molecule has 1 aliphatic rings. The Hall–Kier alpha value is -1.29. The lowest BCUT2D eigenvalue weighted by Gasteiger charge is -2.37. The van der Waals surface area contributed by atoms with Gasteiger partial charge in [-0.15, -0.1) is 0 Å². The van der Waals surface area contributed by atoms with E-state index in [0.29, 0.717) is 23.6 Å². The molecular weight excluding hydrogens is 257 g/mol. The third-order valence-corrected chi connectivity index (χ3v) is 4.51. The molecule has 0 aliphatic heterocycles. The van der Waals surface area contributed by atoms with Gasteiger partial charge in [0.1, 0.15) is 6.67 Å². The number of ether oxygens (including phenoxy) is 2. The topological polar surface area (TPSA) is 44.5 Å². The van der Waals surface area contributed by atoms with Crippen LogP contribution in [-0.2, 0) is 12.1 Å². The number of alkyl halides is 1. The molecular formula is C16H24FNO2. The van der Waals surface area contributed by atoms with Crippen LogP contribution in [-0.4, -0.2) is 20.8 Å². The van der Waals surface area contributed by atoms with Crippen molar-refractivity contribution >= 4 is 0 Å². The summed E-state index contributed by atoms with van der Waals surface area (Å²) in [6.07, 6.45) is 5.73. The summed E-state index contributed by atoms with van der Waals surface area (Å²) in [5.74, 6) is 1.08. The zero-order chi connectivity index (χ0) is 14.6. The number of benzene rings is 1. The lowest BCUT2D eigenvalue weighted by Crippen LogP contribution is -2.37. The van der Waals surface area contributed by atoms with E-state index in [0.717, 1.165) is 18.4 Å². The van der Waals surface area contributed by atoms with Gasteiger partial charge in [0.2, 0.25) is 0 Å². The molecule has 1 aromatic rings. The first kappa shape index (κ1) is 15.1. The van der Waals surface area contributed by atoms with Crippen LogP contribution in [0.15, 0.2) is 12.1 Å². The number of rotatable bonds is 5. The van der Waals surface area contributed by atoms with E-state index in [1.807, 2.05) is 12.1 Å². The van der Waals surface area contributed by atoms with Crippen molar-refractivity contribution in [2.75, 3.05) is 20.8 Å². The summed E-state index contributed by atoms with van der Waals surface area (Å²) in [5.41, 5.74) is 7.65. The summed E-state index contributed by atoms with van der Waals surface area (Å²) in [5, 5.41) is 0. The van der Waals surface area contributed by atoms with Crippen molar-refractivity contribution in [2.24, 2.45) is 5.73 Å². The van der Waals surface area contributed by atoms with Crippen molar-refractivity contribution in [3.63, 3.8) is 0 Å². The minimum absolute atomic E-state index is 0.0400. The Morgan fingerprint density at radius 2 is 1.85 bits per heavy atom. The Labute approximate surface area is 120 Å². The van der Waals surface area contributed by atoms with Gasteiger partial charge in [-0.05, 0) is 30.5 Å². The maximum atomic E-state index is 13.3. The van der Waals surface area contributed by atoms with Gasteiger partial charge in [-0.2, -0.15) is 0 Å². The molecule has 4 heteroatoms. The maximum Gasteiger partial charge on any atom is 0.166 e. The van der Waals surface area contributed by atoms with Crippen LogP contribution in [0.3, 0.4) is 0 Å². The van der Waals surface area contributed by atoms with Crippen molar-refractivity contribution < 1.29 is 13.9 Å². The van der Waals surface area contributed by atoms with Crippen LogP contribution >= 0.6 is 0 Å². The van der Waals surface area contributed by atoms with Gasteiger partial charge in [0.05, 0.1) is 14.2 Å². The number of hydrogen-bond donors (Lipinski definition) is 1. The highest BCUT2D eigenvalue weighted by molar-refractivity contribution is 5.51. The molecule has 1 aromatic carbocycles. The summed E-state index contributed by atoms with van der Waals surface area (Å²) in [6.45, 7) is 0.0300. The van der Waals surface area contributed by atoms with Gasteiger partial charge in [0.25, 0.3) is 0 Å². The van der Waals surface area contributed by atoms with E-state index in [-0.39, 0.29) is 5.41 Å². The molecule has 112 valence electrons. The Morgan fingerprint density at radius 3 is 2.35 bits per heavy atom. The quantitative estimate of drug-likeness (QED) is 0.900. The van der Waals surface area contributed by atoms with Gasteiger partial charge in [0, 0.05) is 17.5 Å². The Bertz CT molecular complexity index is 431. The van der Waals surface area contributed by atoms with Crippen LogP contribution in [0.25, 0.3) is 0 Å². The summed E-state index contributed by atoms with van der Waals surface area (Å²) in [7, 11) is 3.12. The first-order valence-electron chi connectivity index (χ1n) is 7.22. The molecule has 0 bridgehead atoms. The van der Waals surface area contributed by atoms with Gasteiger partial charge in [-0.1, -0.05) is 19.3 Å². The fourth-order valence-electron chi connectivity index (χ4n) is 3.29. The molecule has 0 aromatic heterocycles. The van der Waals surface area contributed by atoms with Gasteiger partial charge < -0.3 is 15.2 Å². The zero-order valence-electron chi connectivity index (χ0n) is 12.4. The van der Waals surface area contributed by atoms with Crippen LogP contribution in [0, 0.1) is 0 Å². The SMILES string of the molecule is COc1cc(C2(CN)CCCCC2)cc(CF)c1OC. The predicted molar refractivity (Wildman–Crippen MR) is 78.2 cm³/mol. The Morgan fingerprint density at radius 1 is 1.15 bits per heavy atom. The molecule has 20 heavy (non-hydrogen) atoms. The lowest BCUT2D eigenvalue weighted by atomic mass is 9.69. The first-order valence-corrected chi connectivity index (χ1v) is 7.22. The lowest BCUT2D eigenvalue weighted by molar-refractivity contribution is 0.296. The van der Waals surface area contributed by atoms with Crippen LogP contribution in [0.5, 0.6) is 11.5 Å². The highest BCUT2D eigenvalue weighted by atomic mass is 19.1. The molecule has 0 radical (unpaired) electrons. The molecule has 2 N–H and O–H groups in total. The third-order valence-electron chi connectivity index (χ3n) is 4.51. The molecule has 2 rings (SSSR count). The minimum atomic E-state index is -0.561. The smallest absolute Gasteiger partial charge is 0.166 e. The average Bonchev–Trinajstić information content (AvgIpc) is 2.53. The van der Waals surface area contributed by atoms with E-state index in [4.69, 9.17) is 15.2 Å². The molecule has 0 amide bonds. The van der Waals surface area contributed by atoms with Crippen molar-refractivity contribution in [2.45, 2.75) is 44.2 Å². The molecule has 0 heterocycles. The summed E-state index contributed by atoms with van der Waals surface area (Å²) in [4.78, 5) is 0. The molecule has 3 nitrogen and oxygen atoms in total. The second-order valence-corrected chi connectivity index (χ2v) is 5.55. The number of methoxy groups -OCH3 is 2. The van der Waals surface area contributed by atoms with E-state index in [2.05, 4.69) is 0 Å². The van der Waals surface area contributed by atoms with Crippen molar-refractivity contribution in [3.8, 4) is 11.5 Å². The van der Waals surface area contributed by atoms with E-state index >= 15 is 0 Å². The molecule has 0 spiro atoms. The van der Waals surface area contributed by atoms with Crippen molar-refractivity contribution in [1.82, 2.24) is 0 Å². The molecule has 0 unspecified atom stereocenters. The zero-order valence-corrected chi connectivity index (χ0v) is 12.4. The van der Waals surface area contributed by atoms with Gasteiger partial charge >= 0.3 is 0 Å². The summed E-state index contributed by atoms with van der Waals surface area (Å²) >= 11 is 0. The first-order chi connectivity index (χ1) is 9.70. The van der Waals surface area contributed by atoms with E-state index in [1.54, 1.807) is 7.11 Å². The fourth-order valence-corrected chi connectivity index (χ4v) is 3.29.